The smallest absolute Gasteiger partial charge is 0.241 e. The summed E-state index contributed by atoms with van der Waals surface area (Å²) in [4.78, 5) is 15.5. The van der Waals surface area contributed by atoms with E-state index >= 15 is 0 Å². The topological polar surface area (TPSA) is 32.3 Å². The SMILES string of the molecule is Cc1ccsc1CN(C)C(C)C(=O)Nc1ccc(F)cc1Cl. The molecule has 1 unspecified atom stereocenters. The summed E-state index contributed by atoms with van der Waals surface area (Å²) in [6.45, 7) is 4.59. The number of amides is 1. The Bertz CT molecular complexity index is 674. The van der Waals surface area contributed by atoms with E-state index in [1.165, 1.54) is 28.6 Å². The molecule has 0 saturated heterocycles. The second-order valence-corrected chi connectivity index (χ2v) is 6.64. The number of aryl methyl sites for hydroxylation is 1. The predicted octanol–water partition coefficient (Wildman–Crippen LogP) is 4.31. The van der Waals surface area contributed by atoms with Gasteiger partial charge in [0.15, 0.2) is 0 Å². The first-order chi connectivity index (χ1) is 10.4. The molecule has 1 heterocycles. The molecule has 6 heteroatoms. The van der Waals surface area contributed by atoms with Crippen molar-refractivity contribution in [1.82, 2.24) is 4.90 Å². The first-order valence-corrected chi connectivity index (χ1v) is 8.13. The summed E-state index contributed by atoms with van der Waals surface area (Å²) in [6.07, 6.45) is 0. The highest BCUT2D eigenvalue weighted by atomic mass is 35.5. The summed E-state index contributed by atoms with van der Waals surface area (Å²) >= 11 is 7.61. The van der Waals surface area contributed by atoms with E-state index in [-0.39, 0.29) is 17.0 Å². The third-order valence-corrected chi connectivity index (χ3v) is 4.91. The Kier molecular flexibility index (Phi) is 5.56. The standard InChI is InChI=1S/C16H18ClFN2OS/c1-10-6-7-22-15(10)9-20(3)11(2)16(21)19-14-5-4-12(18)8-13(14)17/h4-8,11H,9H2,1-3H3,(H,19,21). The Morgan fingerprint density at radius 3 is 2.77 bits per heavy atom. The van der Waals surface area contributed by atoms with Crippen LogP contribution in [0.4, 0.5) is 10.1 Å². The van der Waals surface area contributed by atoms with Crippen molar-refractivity contribution in [2.24, 2.45) is 0 Å². The highest BCUT2D eigenvalue weighted by molar-refractivity contribution is 7.10. The van der Waals surface area contributed by atoms with Crippen molar-refractivity contribution in [2.75, 3.05) is 12.4 Å². The molecular weight excluding hydrogens is 323 g/mol. The van der Waals surface area contributed by atoms with Gasteiger partial charge in [-0.1, -0.05) is 11.6 Å². The molecule has 1 atom stereocenters. The van der Waals surface area contributed by atoms with E-state index in [1.54, 1.807) is 11.3 Å². The van der Waals surface area contributed by atoms with E-state index in [0.29, 0.717) is 12.2 Å². The third-order valence-electron chi connectivity index (χ3n) is 3.59. The number of nitrogens with one attached hydrogen (secondary N) is 1. The maximum atomic E-state index is 13.0. The minimum Gasteiger partial charge on any atom is -0.323 e. The number of carbonyl (C=O) groups is 1. The van der Waals surface area contributed by atoms with E-state index in [4.69, 9.17) is 11.6 Å². The molecule has 0 fully saturated rings. The molecular formula is C16H18ClFN2OS. The zero-order chi connectivity index (χ0) is 16.3. The third kappa shape index (κ3) is 4.06. The van der Waals surface area contributed by atoms with Gasteiger partial charge < -0.3 is 5.32 Å². The van der Waals surface area contributed by atoms with Gasteiger partial charge in [-0.05, 0) is 56.1 Å². The van der Waals surface area contributed by atoms with Gasteiger partial charge in [0, 0.05) is 11.4 Å². The number of nitrogens with zero attached hydrogens (tertiary/aromatic N) is 1. The largest absolute Gasteiger partial charge is 0.323 e. The van der Waals surface area contributed by atoms with Crippen molar-refractivity contribution in [1.29, 1.82) is 0 Å². The molecule has 118 valence electrons. The maximum Gasteiger partial charge on any atom is 0.241 e. The molecule has 0 radical (unpaired) electrons. The fourth-order valence-electron chi connectivity index (χ4n) is 1.96. The number of thiophene rings is 1. The van der Waals surface area contributed by atoms with E-state index in [9.17, 15) is 9.18 Å². The summed E-state index contributed by atoms with van der Waals surface area (Å²) in [5.41, 5.74) is 1.65. The van der Waals surface area contributed by atoms with Crippen LogP contribution < -0.4 is 5.32 Å². The zero-order valence-electron chi connectivity index (χ0n) is 12.7. The molecule has 1 amide bonds. The van der Waals surface area contributed by atoms with Crippen LogP contribution in [-0.2, 0) is 11.3 Å². The number of anilines is 1. The van der Waals surface area contributed by atoms with Crippen LogP contribution in [0, 0.1) is 12.7 Å². The monoisotopic (exact) mass is 340 g/mol. The fourth-order valence-corrected chi connectivity index (χ4v) is 3.14. The fraction of sp³-hybridized carbons (Fsp3) is 0.312. The number of hydrogen-bond acceptors (Lipinski definition) is 3. The van der Waals surface area contributed by atoms with Crippen LogP contribution >= 0.6 is 22.9 Å². The van der Waals surface area contributed by atoms with Crippen molar-refractivity contribution in [2.45, 2.75) is 26.4 Å². The van der Waals surface area contributed by atoms with Gasteiger partial charge in [0.25, 0.3) is 0 Å². The Morgan fingerprint density at radius 1 is 1.45 bits per heavy atom. The molecule has 1 aromatic carbocycles. The van der Waals surface area contributed by atoms with E-state index in [2.05, 4.69) is 18.3 Å². The quantitative estimate of drug-likeness (QED) is 0.879. The first kappa shape index (κ1) is 16.9. The average molecular weight is 341 g/mol. The number of rotatable bonds is 5. The van der Waals surface area contributed by atoms with Crippen LogP contribution in [-0.4, -0.2) is 23.9 Å². The highest BCUT2D eigenvalue weighted by Gasteiger charge is 2.20. The molecule has 2 aromatic rings. The molecule has 0 aliphatic rings. The van der Waals surface area contributed by atoms with Crippen LogP contribution in [0.25, 0.3) is 0 Å². The van der Waals surface area contributed by atoms with Crippen LogP contribution in [0.5, 0.6) is 0 Å². The van der Waals surface area contributed by atoms with Crippen molar-refractivity contribution in [3.05, 3.63) is 50.9 Å². The minimum atomic E-state index is -0.429. The minimum absolute atomic E-state index is 0.176. The van der Waals surface area contributed by atoms with E-state index in [1.807, 2.05) is 24.3 Å². The lowest BCUT2D eigenvalue weighted by atomic mass is 10.2. The summed E-state index contributed by atoms with van der Waals surface area (Å²) in [7, 11) is 1.90. The Hall–Kier alpha value is -1.43. The maximum absolute atomic E-state index is 13.0. The molecule has 2 rings (SSSR count). The van der Waals surface area contributed by atoms with Crippen LogP contribution in [0.2, 0.25) is 5.02 Å². The molecule has 0 saturated carbocycles. The van der Waals surface area contributed by atoms with Crippen molar-refractivity contribution < 1.29 is 9.18 Å². The van der Waals surface area contributed by atoms with Gasteiger partial charge in [-0.15, -0.1) is 11.3 Å². The van der Waals surface area contributed by atoms with Gasteiger partial charge in [0.05, 0.1) is 16.8 Å². The molecule has 3 nitrogen and oxygen atoms in total. The van der Waals surface area contributed by atoms with Crippen LogP contribution in [0.1, 0.15) is 17.4 Å². The molecule has 0 spiro atoms. The zero-order valence-corrected chi connectivity index (χ0v) is 14.3. The summed E-state index contributed by atoms with van der Waals surface area (Å²) in [5, 5.41) is 4.97. The number of hydrogen-bond donors (Lipinski definition) is 1. The van der Waals surface area contributed by atoms with E-state index < -0.39 is 5.82 Å². The molecule has 1 aromatic heterocycles. The lowest BCUT2D eigenvalue weighted by Crippen LogP contribution is -2.39. The molecule has 0 aliphatic carbocycles. The average Bonchev–Trinajstić information content (AvgIpc) is 2.86. The van der Waals surface area contributed by atoms with Gasteiger partial charge in [0.1, 0.15) is 5.82 Å². The lowest BCUT2D eigenvalue weighted by Gasteiger charge is -2.24. The van der Waals surface area contributed by atoms with Gasteiger partial charge in [-0.2, -0.15) is 0 Å². The van der Waals surface area contributed by atoms with Gasteiger partial charge in [-0.3, -0.25) is 9.69 Å². The summed E-state index contributed by atoms with van der Waals surface area (Å²) in [6, 6.07) is 5.65. The Labute approximate surface area is 138 Å². The Balaban J connectivity index is 2.00. The normalized spacial score (nSPS) is 12.5. The lowest BCUT2D eigenvalue weighted by molar-refractivity contribution is -0.120. The van der Waals surface area contributed by atoms with Gasteiger partial charge in [-0.25, -0.2) is 4.39 Å². The van der Waals surface area contributed by atoms with Crippen LogP contribution in [0.15, 0.2) is 29.6 Å². The Morgan fingerprint density at radius 2 is 2.18 bits per heavy atom. The second-order valence-electron chi connectivity index (χ2n) is 5.23. The predicted molar refractivity (Wildman–Crippen MR) is 90.0 cm³/mol. The van der Waals surface area contributed by atoms with Crippen LogP contribution in [0.3, 0.4) is 0 Å². The van der Waals surface area contributed by atoms with Crippen molar-refractivity contribution >= 4 is 34.5 Å². The number of likely N-dealkylation sites (N-methyl/N-ethyl adjacent to an activating group) is 1. The summed E-state index contributed by atoms with van der Waals surface area (Å²) < 4.78 is 13.0. The molecule has 1 N–H and O–H groups in total. The highest BCUT2D eigenvalue weighted by Crippen LogP contribution is 2.23. The van der Waals surface area contributed by atoms with E-state index in [0.717, 1.165) is 0 Å². The van der Waals surface area contributed by atoms with Gasteiger partial charge in [0.2, 0.25) is 5.91 Å². The first-order valence-electron chi connectivity index (χ1n) is 6.87. The van der Waals surface area contributed by atoms with Gasteiger partial charge >= 0.3 is 0 Å². The molecule has 22 heavy (non-hydrogen) atoms. The number of benzene rings is 1. The molecule has 0 aliphatic heterocycles. The molecule has 0 bridgehead atoms. The number of halogens is 2. The van der Waals surface area contributed by atoms with Crippen molar-refractivity contribution in [3.8, 4) is 0 Å². The second kappa shape index (κ2) is 7.22. The van der Waals surface area contributed by atoms with Crippen molar-refractivity contribution in [3.63, 3.8) is 0 Å². The number of carbonyl (C=O) groups excluding carboxylic acids is 1. The summed E-state index contributed by atoms with van der Waals surface area (Å²) in [5.74, 6) is -0.605.